The van der Waals surface area contributed by atoms with E-state index in [0.717, 1.165) is 28.2 Å². The molecule has 2 aromatic rings. The van der Waals surface area contributed by atoms with Gasteiger partial charge in [0, 0.05) is 19.3 Å². The van der Waals surface area contributed by atoms with Gasteiger partial charge in [-0.05, 0) is 59.5 Å². The normalized spacial score (nSPS) is 14.4. The minimum Gasteiger partial charge on any atom is -0.383 e. The number of hydrogen-bond acceptors (Lipinski definition) is 3. The molecular weight excluding hydrogens is 363 g/mol. The Labute approximate surface area is 133 Å². The van der Waals surface area contributed by atoms with Crippen LogP contribution < -0.4 is 10.6 Å². The number of halogens is 1. The standard InChI is InChI=1S/C15H19IN4/c1-10-14(16)15(17)20(18-10)9-11-5-6-13-12(8-11)4-3-7-19(13)2/h5-6,8H,3-4,7,9,17H2,1-2H3. The van der Waals surface area contributed by atoms with Gasteiger partial charge in [-0.3, -0.25) is 0 Å². The molecule has 1 aromatic heterocycles. The summed E-state index contributed by atoms with van der Waals surface area (Å²) >= 11 is 2.25. The molecule has 0 aliphatic carbocycles. The Hall–Kier alpha value is -1.24. The average Bonchev–Trinajstić information content (AvgIpc) is 2.67. The van der Waals surface area contributed by atoms with E-state index in [9.17, 15) is 0 Å². The average molecular weight is 382 g/mol. The van der Waals surface area contributed by atoms with Gasteiger partial charge >= 0.3 is 0 Å². The number of rotatable bonds is 2. The van der Waals surface area contributed by atoms with Crippen molar-refractivity contribution in [2.24, 2.45) is 0 Å². The summed E-state index contributed by atoms with van der Waals surface area (Å²) in [5.41, 5.74) is 11.2. The Morgan fingerprint density at radius 3 is 2.90 bits per heavy atom. The first-order valence-electron chi connectivity index (χ1n) is 6.87. The van der Waals surface area contributed by atoms with E-state index in [2.05, 4.69) is 57.8 Å². The third-order valence-corrected chi connectivity index (χ3v) is 5.25. The van der Waals surface area contributed by atoms with Crippen molar-refractivity contribution in [3.63, 3.8) is 0 Å². The summed E-state index contributed by atoms with van der Waals surface area (Å²) in [5, 5.41) is 4.51. The minimum absolute atomic E-state index is 0.743. The predicted octanol–water partition coefficient (Wildman–Crippen LogP) is 2.81. The Morgan fingerprint density at radius 1 is 1.40 bits per heavy atom. The fraction of sp³-hybridized carbons (Fsp3) is 0.400. The Kier molecular flexibility index (Phi) is 3.62. The zero-order valence-electron chi connectivity index (χ0n) is 11.9. The summed E-state index contributed by atoms with van der Waals surface area (Å²) in [7, 11) is 2.16. The van der Waals surface area contributed by atoms with Crippen molar-refractivity contribution in [1.29, 1.82) is 0 Å². The number of nitrogens with zero attached hydrogens (tertiary/aromatic N) is 3. The maximum absolute atomic E-state index is 6.10. The van der Waals surface area contributed by atoms with E-state index in [1.54, 1.807) is 0 Å². The van der Waals surface area contributed by atoms with Crippen LogP contribution in [0.4, 0.5) is 11.5 Å². The van der Waals surface area contributed by atoms with E-state index in [0.29, 0.717) is 0 Å². The number of aryl methyl sites for hydroxylation is 2. The van der Waals surface area contributed by atoms with Crippen LogP contribution in [0.5, 0.6) is 0 Å². The Balaban J connectivity index is 1.90. The monoisotopic (exact) mass is 382 g/mol. The molecule has 1 aliphatic rings. The second-order valence-corrected chi connectivity index (χ2v) is 6.51. The van der Waals surface area contributed by atoms with Crippen LogP contribution in [0.3, 0.4) is 0 Å². The van der Waals surface area contributed by atoms with E-state index in [1.807, 2.05) is 11.6 Å². The number of aromatic nitrogens is 2. The van der Waals surface area contributed by atoms with Gasteiger partial charge in [0.2, 0.25) is 0 Å². The van der Waals surface area contributed by atoms with Crippen LogP contribution in [-0.4, -0.2) is 23.4 Å². The number of nitrogens with two attached hydrogens (primary N) is 1. The molecule has 0 atom stereocenters. The lowest BCUT2D eigenvalue weighted by molar-refractivity contribution is 0.685. The molecule has 0 fully saturated rings. The van der Waals surface area contributed by atoms with Crippen molar-refractivity contribution in [2.45, 2.75) is 26.3 Å². The molecule has 2 N–H and O–H groups in total. The summed E-state index contributed by atoms with van der Waals surface area (Å²) in [6.07, 6.45) is 2.40. The molecule has 0 amide bonds. The molecule has 0 bridgehead atoms. The molecular formula is C15H19IN4. The number of fused-ring (bicyclic) bond motifs is 1. The van der Waals surface area contributed by atoms with E-state index in [1.165, 1.54) is 29.7 Å². The van der Waals surface area contributed by atoms with Gasteiger partial charge in [-0.2, -0.15) is 5.10 Å². The second kappa shape index (κ2) is 5.27. The van der Waals surface area contributed by atoms with Crippen LogP contribution in [0.15, 0.2) is 18.2 Å². The highest BCUT2D eigenvalue weighted by Gasteiger charge is 2.15. The SMILES string of the molecule is Cc1nn(Cc2ccc3c(c2)CCCN3C)c(N)c1I. The van der Waals surface area contributed by atoms with Gasteiger partial charge in [-0.1, -0.05) is 12.1 Å². The van der Waals surface area contributed by atoms with Gasteiger partial charge < -0.3 is 10.6 Å². The molecule has 3 rings (SSSR count). The molecule has 1 aliphatic heterocycles. The molecule has 1 aromatic carbocycles. The van der Waals surface area contributed by atoms with Crippen molar-refractivity contribution in [2.75, 3.05) is 24.2 Å². The topological polar surface area (TPSA) is 47.1 Å². The fourth-order valence-electron chi connectivity index (χ4n) is 2.81. The van der Waals surface area contributed by atoms with Gasteiger partial charge in [0.1, 0.15) is 5.82 Å². The molecule has 0 radical (unpaired) electrons. The summed E-state index contributed by atoms with van der Waals surface area (Å²) in [6.45, 7) is 3.89. The highest BCUT2D eigenvalue weighted by atomic mass is 127. The maximum atomic E-state index is 6.10. The summed E-state index contributed by atoms with van der Waals surface area (Å²) in [6, 6.07) is 6.71. The molecule has 20 heavy (non-hydrogen) atoms. The number of hydrogen-bond donors (Lipinski definition) is 1. The third kappa shape index (κ3) is 2.39. The minimum atomic E-state index is 0.743. The largest absolute Gasteiger partial charge is 0.383 e. The van der Waals surface area contributed by atoms with Gasteiger partial charge in [0.05, 0.1) is 15.8 Å². The first kappa shape index (κ1) is 13.7. The lowest BCUT2D eigenvalue weighted by atomic mass is 9.99. The van der Waals surface area contributed by atoms with Crippen LogP contribution in [0.1, 0.15) is 23.2 Å². The summed E-state index contributed by atoms with van der Waals surface area (Å²) < 4.78 is 2.95. The highest BCUT2D eigenvalue weighted by Crippen LogP contribution is 2.27. The lowest BCUT2D eigenvalue weighted by Crippen LogP contribution is -2.24. The van der Waals surface area contributed by atoms with Gasteiger partial charge in [-0.25, -0.2) is 4.68 Å². The Morgan fingerprint density at radius 2 is 2.20 bits per heavy atom. The number of benzene rings is 1. The summed E-state index contributed by atoms with van der Waals surface area (Å²) in [5.74, 6) is 0.762. The van der Waals surface area contributed by atoms with Gasteiger partial charge in [-0.15, -0.1) is 0 Å². The molecule has 4 nitrogen and oxygen atoms in total. The van der Waals surface area contributed by atoms with Gasteiger partial charge in [0.25, 0.3) is 0 Å². The lowest BCUT2D eigenvalue weighted by Gasteiger charge is -2.27. The zero-order chi connectivity index (χ0) is 14.3. The third-order valence-electron chi connectivity index (χ3n) is 3.92. The van der Waals surface area contributed by atoms with Crippen molar-refractivity contribution < 1.29 is 0 Å². The van der Waals surface area contributed by atoms with Crippen molar-refractivity contribution in [1.82, 2.24) is 9.78 Å². The van der Waals surface area contributed by atoms with Crippen molar-refractivity contribution >= 4 is 34.1 Å². The van der Waals surface area contributed by atoms with Crippen LogP contribution in [-0.2, 0) is 13.0 Å². The molecule has 5 heteroatoms. The molecule has 0 saturated heterocycles. The van der Waals surface area contributed by atoms with Crippen LogP contribution in [0.2, 0.25) is 0 Å². The summed E-state index contributed by atoms with van der Waals surface area (Å²) in [4.78, 5) is 2.33. The first-order valence-corrected chi connectivity index (χ1v) is 7.95. The molecule has 2 heterocycles. The molecule has 0 spiro atoms. The Bertz CT molecular complexity index is 648. The van der Waals surface area contributed by atoms with E-state index in [4.69, 9.17) is 5.73 Å². The van der Waals surface area contributed by atoms with Gasteiger partial charge in [0.15, 0.2) is 0 Å². The van der Waals surface area contributed by atoms with Crippen LogP contribution in [0, 0.1) is 10.5 Å². The maximum Gasteiger partial charge on any atom is 0.135 e. The first-order chi connectivity index (χ1) is 9.56. The smallest absolute Gasteiger partial charge is 0.135 e. The zero-order valence-corrected chi connectivity index (χ0v) is 14.0. The fourth-order valence-corrected chi connectivity index (χ4v) is 3.19. The van der Waals surface area contributed by atoms with Crippen molar-refractivity contribution in [3.05, 3.63) is 38.6 Å². The predicted molar refractivity (Wildman–Crippen MR) is 91.2 cm³/mol. The van der Waals surface area contributed by atoms with Crippen molar-refractivity contribution in [3.8, 4) is 0 Å². The van der Waals surface area contributed by atoms with Crippen LogP contribution in [0.25, 0.3) is 0 Å². The number of anilines is 2. The second-order valence-electron chi connectivity index (χ2n) is 5.43. The molecule has 0 saturated carbocycles. The van der Waals surface area contributed by atoms with Crippen LogP contribution >= 0.6 is 22.6 Å². The molecule has 106 valence electrons. The quantitative estimate of drug-likeness (QED) is 0.813. The van der Waals surface area contributed by atoms with E-state index in [-0.39, 0.29) is 0 Å². The highest BCUT2D eigenvalue weighted by molar-refractivity contribution is 14.1. The number of nitrogen functional groups attached to an aromatic ring is 1. The molecule has 0 unspecified atom stereocenters. The van der Waals surface area contributed by atoms with E-state index >= 15 is 0 Å². The van der Waals surface area contributed by atoms with E-state index < -0.39 is 0 Å².